The normalized spacial score (nSPS) is 12.8. The van der Waals surface area contributed by atoms with Crippen LogP contribution in [0.1, 0.15) is 22.0 Å². The molecule has 0 fully saturated rings. The van der Waals surface area contributed by atoms with Crippen LogP contribution in [0.2, 0.25) is 5.02 Å². The molecular formula is C15H11Cl4NO. The average Bonchev–Trinajstić information content (AvgIpc) is 2.45. The second-order valence-corrected chi connectivity index (χ2v) is 7.17. The van der Waals surface area contributed by atoms with Gasteiger partial charge in [-0.1, -0.05) is 76.7 Å². The number of rotatable bonds is 3. The summed E-state index contributed by atoms with van der Waals surface area (Å²) >= 11 is 23.8. The van der Waals surface area contributed by atoms with E-state index in [2.05, 4.69) is 5.32 Å². The van der Waals surface area contributed by atoms with Crippen LogP contribution < -0.4 is 5.32 Å². The molecule has 2 aromatic carbocycles. The minimum atomic E-state index is -1.68. The number of halogens is 4. The molecule has 6 heteroatoms. The van der Waals surface area contributed by atoms with Crippen molar-refractivity contribution < 1.29 is 4.79 Å². The van der Waals surface area contributed by atoms with Crippen LogP contribution in [-0.2, 0) is 0 Å². The molecule has 110 valence electrons. The molecular weight excluding hydrogens is 352 g/mol. The molecule has 0 aliphatic carbocycles. The monoisotopic (exact) mass is 361 g/mol. The predicted octanol–water partition coefficient (Wildman–Crippen LogP) is 5.18. The number of hydrogen-bond acceptors (Lipinski definition) is 1. The molecule has 0 aliphatic rings. The molecule has 1 N–H and O–H groups in total. The number of alkyl halides is 3. The molecule has 0 bridgehead atoms. The van der Waals surface area contributed by atoms with E-state index in [0.717, 1.165) is 0 Å². The maximum Gasteiger partial charge on any atom is 0.251 e. The van der Waals surface area contributed by atoms with Crippen molar-refractivity contribution in [3.63, 3.8) is 0 Å². The molecule has 1 unspecified atom stereocenters. The quantitative estimate of drug-likeness (QED) is 0.748. The lowest BCUT2D eigenvalue weighted by atomic mass is 10.1. The Morgan fingerprint density at radius 2 is 1.52 bits per heavy atom. The summed E-state index contributed by atoms with van der Waals surface area (Å²) < 4.78 is -1.68. The van der Waals surface area contributed by atoms with E-state index in [1.54, 1.807) is 48.5 Å². The first kappa shape index (κ1) is 16.4. The van der Waals surface area contributed by atoms with Gasteiger partial charge in [0.1, 0.15) is 6.04 Å². The van der Waals surface area contributed by atoms with Crippen molar-refractivity contribution in [3.8, 4) is 0 Å². The standard InChI is InChI=1S/C15H11Cl4NO/c16-12-8-6-10(7-9-12)13(15(17,18)19)20-14(21)11-4-2-1-3-5-11/h1-9,13H,(H,20,21). The van der Waals surface area contributed by atoms with Crippen molar-refractivity contribution in [2.75, 3.05) is 0 Å². The smallest absolute Gasteiger partial charge is 0.251 e. The summed E-state index contributed by atoms with van der Waals surface area (Å²) in [6.45, 7) is 0. The van der Waals surface area contributed by atoms with Crippen LogP contribution in [0.4, 0.5) is 0 Å². The van der Waals surface area contributed by atoms with Gasteiger partial charge in [0, 0.05) is 10.6 Å². The van der Waals surface area contributed by atoms with E-state index < -0.39 is 9.83 Å². The van der Waals surface area contributed by atoms with E-state index in [1.165, 1.54) is 0 Å². The van der Waals surface area contributed by atoms with Gasteiger partial charge in [-0.2, -0.15) is 0 Å². The van der Waals surface area contributed by atoms with Crippen LogP contribution in [0.15, 0.2) is 54.6 Å². The Morgan fingerprint density at radius 1 is 0.952 bits per heavy atom. The molecule has 0 spiro atoms. The van der Waals surface area contributed by atoms with E-state index in [1.807, 2.05) is 6.07 Å². The zero-order valence-electron chi connectivity index (χ0n) is 10.7. The average molecular weight is 363 g/mol. The van der Waals surface area contributed by atoms with Crippen molar-refractivity contribution in [3.05, 3.63) is 70.7 Å². The molecule has 0 aliphatic heterocycles. The third-order valence-electron chi connectivity index (χ3n) is 2.84. The van der Waals surface area contributed by atoms with Crippen molar-refractivity contribution in [1.29, 1.82) is 0 Å². The minimum Gasteiger partial charge on any atom is -0.341 e. The van der Waals surface area contributed by atoms with Crippen LogP contribution in [0.5, 0.6) is 0 Å². The number of hydrogen-bond donors (Lipinski definition) is 1. The van der Waals surface area contributed by atoms with E-state index in [-0.39, 0.29) is 5.91 Å². The second-order valence-electron chi connectivity index (χ2n) is 4.37. The summed E-state index contributed by atoms with van der Waals surface area (Å²) in [6.07, 6.45) is 0. The summed E-state index contributed by atoms with van der Waals surface area (Å²) in [7, 11) is 0. The first-order valence-corrected chi connectivity index (χ1v) is 7.57. The molecule has 2 nitrogen and oxygen atoms in total. The van der Waals surface area contributed by atoms with Crippen LogP contribution in [0.25, 0.3) is 0 Å². The lowest BCUT2D eigenvalue weighted by Crippen LogP contribution is -2.36. The predicted molar refractivity (Wildman–Crippen MR) is 88.4 cm³/mol. The van der Waals surface area contributed by atoms with Crippen LogP contribution in [0.3, 0.4) is 0 Å². The SMILES string of the molecule is O=C(NC(c1ccc(Cl)cc1)C(Cl)(Cl)Cl)c1ccccc1. The number of amides is 1. The molecule has 2 rings (SSSR count). The van der Waals surface area contributed by atoms with Gasteiger partial charge < -0.3 is 5.32 Å². The first-order chi connectivity index (χ1) is 9.88. The van der Waals surface area contributed by atoms with Crippen molar-refractivity contribution in [2.24, 2.45) is 0 Å². The maximum absolute atomic E-state index is 12.2. The Hall–Kier alpha value is -0.930. The van der Waals surface area contributed by atoms with Gasteiger partial charge in [0.15, 0.2) is 0 Å². The zero-order valence-corrected chi connectivity index (χ0v) is 13.7. The first-order valence-electron chi connectivity index (χ1n) is 6.06. The molecule has 0 saturated heterocycles. The fourth-order valence-electron chi connectivity index (χ4n) is 1.81. The Labute approximate surface area is 143 Å². The van der Waals surface area contributed by atoms with E-state index in [9.17, 15) is 4.79 Å². The molecule has 21 heavy (non-hydrogen) atoms. The lowest BCUT2D eigenvalue weighted by molar-refractivity contribution is 0.0937. The van der Waals surface area contributed by atoms with Crippen molar-refractivity contribution in [2.45, 2.75) is 9.83 Å². The third-order valence-corrected chi connectivity index (χ3v) is 3.75. The number of nitrogens with one attached hydrogen (secondary N) is 1. The summed E-state index contributed by atoms with van der Waals surface area (Å²) in [4.78, 5) is 12.2. The van der Waals surface area contributed by atoms with Crippen molar-refractivity contribution in [1.82, 2.24) is 5.32 Å². The molecule has 1 atom stereocenters. The Morgan fingerprint density at radius 3 is 2.05 bits per heavy atom. The fraction of sp³-hybridized carbons (Fsp3) is 0.133. The summed E-state index contributed by atoms with van der Waals surface area (Å²) in [5.41, 5.74) is 1.15. The lowest BCUT2D eigenvalue weighted by Gasteiger charge is -2.26. The van der Waals surface area contributed by atoms with Gasteiger partial charge in [0.25, 0.3) is 5.91 Å². The van der Waals surface area contributed by atoms with E-state index in [4.69, 9.17) is 46.4 Å². The van der Waals surface area contributed by atoms with Gasteiger partial charge in [-0.15, -0.1) is 0 Å². The molecule has 0 aromatic heterocycles. The van der Waals surface area contributed by atoms with Crippen LogP contribution >= 0.6 is 46.4 Å². The summed E-state index contributed by atoms with van der Waals surface area (Å²) in [6, 6.07) is 14.7. The van der Waals surface area contributed by atoms with Gasteiger partial charge in [0.05, 0.1) is 0 Å². The van der Waals surface area contributed by atoms with Gasteiger partial charge >= 0.3 is 0 Å². The molecule has 0 saturated carbocycles. The highest BCUT2D eigenvalue weighted by Crippen LogP contribution is 2.40. The Bertz CT molecular complexity index is 608. The second kappa shape index (κ2) is 6.89. The van der Waals surface area contributed by atoms with Crippen LogP contribution in [-0.4, -0.2) is 9.70 Å². The highest BCUT2D eigenvalue weighted by molar-refractivity contribution is 6.68. The van der Waals surface area contributed by atoms with Gasteiger partial charge in [-0.3, -0.25) is 4.79 Å². The van der Waals surface area contributed by atoms with Crippen LogP contribution in [0, 0.1) is 0 Å². The molecule has 2 aromatic rings. The topological polar surface area (TPSA) is 29.1 Å². The largest absolute Gasteiger partial charge is 0.341 e. The van der Waals surface area contributed by atoms with Gasteiger partial charge in [-0.25, -0.2) is 0 Å². The number of carbonyl (C=O) groups is 1. The van der Waals surface area contributed by atoms with E-state index >= 15 is 0 Å². The van der Waals surface area contributed by atoms with E-state index in [0.29, 0.717) is 16.1 Å². The number of carbonyl (C=O) groups excluding carboxylic acids is 1. The minimum absolute atomic E-state index is 0.318. The highest BCUT2D eigenvalue weighted by atomic mass is 35.6. The summed E-state index contributed by atoms with van der Waals surface area (Å²) in [5.74, 6) is -0.318. The highest BCUT2D eigenvalue weighted by Gasteiger charge is 2.35. The number of benzene rings is 2. The fourth-order valence-corrected chi connectivity index (χ4v) is 2.48. The molecule has 0 radical (unpaired) electrons. The Kier molecular flexibility index (Phi) is 5.39. The molecule has 0 heterocycles. The summed E-state index contributed by atoms with van der Waals surface area (Å²) in [5, 5.41) is 3.30. The third kappa shape index (κ3) is 4.52. The van der Waals surface area contributed by atoms with Gasteiger partial charge in [0.2, 0.25) is 3.79 Å². The zero-order chi connectivity index (χ0) is 15.5. The molecule has 1 amide bonds. The van der Waals surface area contributed by atoms with Crippen molar-refractivity contribution >= 4 is 52.3 Å². The maximum atomic E-state index is 12.2. The Balaban J connectivity index is 2.26. The van der Waals surface area contributed by atoms with Gasteiger partial charge in [-0.05, 0) is 29.8 Å².